The van der Waals surface area contributed by atoms with Crippen molar-refractivity contribution in [3.05, 3.63) is 65.0 Å². The molecule has 8 heteroatoms. The summed E-state index contributed by atoms with van der Waals surface area (Å²) < 4.78 is 39.2. The number of benzene rings is 2. The Morgan fingerprint density at radius 3 is 2.25 bits per heavy atom. The quantitative estimate of drug-likeness (QED) is 0.632. The van der Waals surface area contributed by atoms with Crippen molar-refractivity contribution in [3.63, 3.8) is 0 Å². The zero-order valence-corrected chi connectivity index (χ0v) is 18.8. The third-order valence-corrected chi connectivity index (χ3v) is 5.93. The summed E-state index contributed by atoms with van der Waals surface area (Å²) in [5, 5.41) is 3.09. The predicted octanol–water partition coefficient (Wildman–Crippen LogP) is 4.80. The van der Waals surface area contributed by atoms with Crippen molar-refractivity contribution in [3.8, 4) is 0 Å². The van der Waals surface area contributed by atoms with E-state index in [2.05, 4.69) is 55.1 Å². The zero-order chi connectivity index (χ0) is 20.9. The fourth-order valence-corrected chi connectivity index (χ4v) is 3.90. The molecular formula is C20H25FN2O2S3. The third kappa shape index (κ3) is 7.41. The molecule has 0 heterocycles. The van der Waals surface area contributed by atoms with Gasteiger partial charge in [0.1, 0.15) is 10.1 Å². The Morgan fingerprint density at radius 2 is 1.71 bits per heavy atom. The first-order chi connectivity index (χ1) is 12.9. The molecule has 0 amide bonds. The number of nitrogens with one attached hydrogen (secondary N) is 2. The lowest BCUT2D eigenvalue weighted by Gasteiger charge is -2.19. The maximum absolute atomic E-state index is 14.0. The summed E-state index contributed by atoms with van der Waals surface area (Å²) in [6, 6.07) is 12.8. The molecule has 0 saturated carbocycles. The minimum absolute atomic E-state index is 0.0677. The maximum atomic E-state index is 14.0. The Balaban J connectivity index is 1.85. The van der Waals surface area contributed by atoms with Crippen molar-refractivity contribution in [1.29, 1.82) is 0 Å². The molecule has 0 bridgehead atoms. The largest absolute Gasteiger partial charge is 0.367 e. The molecule has 0 saturated heterocycles. The molecule has 0 fully saturated rings. The molecule has 2 aromatic rings. The fourth-order valence-electron chi connectivity index (χ4n) is 2.43. The standard InChI is InChI=1S/C20H25FN2O2S3/c1-20(2,3)16-8-5-14(6-9-16)13-27-19(26)22-12-15-7-10-18(17(21)11-15)23-28(4,24)25/h5-11,23H,12-13H2,1-4H3,(H,22,26). The average Bonchev–Trinajstić information content (AvgIpc) is 2.59. The first-order valence-corrected chi connectivity index (χ1v) is 12.0. The van der Waals surface area contributed by atoms with Crippen LogP contribution in [-0.4, -0.2) is 19.0 Å². The molecule has 0 unspecified atom stereocenters. The van der Waals surface area contributed by atoms with Crippen LogP contribution in [0.3, 0.4) is 0 Å². The van der Waals surface area contributed by atoms with Crippen molar-refractivity contribution >= 4 is 44.0 Å². The normalized spacial score (nSPS) is 11.9. The summed E-state index contributed by atoms with van der Waals surface area (Å²) in [6.45, 7) is 6.91. The van der Waals surface area contributed by atoms with Gasteiger partial charge in [-0.2, -0.15) is 0 Å². The van der Waals surface area contributed by atoms with Gasteiger partial charge < -0.3 is 5.32 Å². The van der Waals surface area contributed by atoms with Gasteiger partial charge in [0.25, 0.3) is 0 Å². The van der Waals surface area contributed by atoms with E-state index in [1.54, 1.807) is 6.07 Å². The smallest absolute Gasteiger partial charge is 0.229 e. The van der Waals surface area contributed by atoms with Gasteiger partial charge in [-0.15, -0.1) is 0 Å². The van der Waals surface area contributed by atoms with Crippen molar-refractivity contribution in [2.45, 2.75) is 38.5 Å². The second kappa shape index (κ2) is 9.24. The van der Waals surface area contributed by atoms with Gasteiger partial charge in [0.15, 0.2) is 0 Å². The number of halogens is 1. The zero-order valence-electron chi connectivity index (χ0n) is 16.4. The molecule has 0 aromatic heterocycles. The van der Waals surface area contributed by atoms with Crippen molar-refractivity contribution in [2.75, 3.05) is 11.0 Å². The van der Waals surface area contributed by atoms with Crippen LogP contribution in [0, 0.1) is 5.82 Å². The second-order valence-electron chi connectivity index (χ2n) is 7.57. The Labute approximate surface area is 176 Å². The van der Waals surface area contributed by atoms with E-state index in [-0.39, 0.29) is 11.1 Å². The minimum atomic E-state index is -3.51. The Morgan fingerprint density at radius 1 is 1.11 bits per heavy atom. The van der Waals surface area contributed by atoms with Crippen LogP contribution in [0.25, 0.3) is 0 Å². The van der Waals surface area contributed by atoms with Crippen LogP contribution in [-0.2, 0) is 27.7 Å². The minimum Gasteiger partial charge on any atom is -0.367 e. The number of thioether (sulfide) groups is 1. The molecule has 0 aliphatic rings. The Bertz CT molecular complexity index is 937. The molecule has 4 nitrogen and oxygen atoms in total. The van der Waals surface area contributed by atoms with E-state index in [1.165, 1.54) is 35.0 Å². The second-order valence-corrected chi connectivity index (χ2v) is 11.0. The van der Waals surface area contributed by atoms with Gasteiger partial charge in [-0.25, -0.2) is 12.8 Å². The predicted molar refractivity (Wildman–Crippen MR) is 121 cm³/mol. The van der Waals surface area contributed by atoms with Gasteiger partial charge in [-0.3, -0.25) is 4.72 Å². The highest BCUT2D eigenvalue weighted by Crippen LogP contribution is 2.23. The average molecular weight is 441 g/mol. The van der Waals surface area contributed by atoms with E-state index in [0.29, 0.717) is 16.4 Å². The van der Waals surface area contributed by atoms with Gasteiger partial charge >= 0.3 is 0 Å². The molecule has 0 atom stereocenters. The molecule has 28 heavy (non-hydrogen) atoms. The van der Waals surface area contributed by atoms with E-state index in [9.17, 15) is 12.8 Å². The van der Waals surface area contributed by atoms with E-state index in [1.807, 2.05) is 0 Å². The lowest BCUT2D eigenvalue weighted by atomic mass is 9.87. The van der Waals surface area contributed by atoms with Crippen LogP contribution >= 0.6 is 24.0 Å². The molecule has 2 N–H and O–H groups in total. The van der Waals surface area contributed by atoms with Crippen molar-refractivity contribution < 1.29 is 12.8 Å². The number of hydrogen-bond acceptors (Lipinski definition) is 4. The molecule has 2 rings (SSSR count). The summed E-state index contributed by atoms with van der Waals surface area (Å²) in [4.78, 5) is 0. The highest BCUT2D eigenvalue weighted by atomic mass is 32.2. The van der Waals surface area contributed by atoms with Gasteiger partial charge in [-0.05, 0) is 34.2 Å². The lowest BCUT2D eigenvalue weighted by Crippen LogP contribution is -2.18. The van der Waals surface area contributed by atoms with E-state index in [0.717, 1.165) is 12.0 Å². The van der Waals surface area contributed by atoms with E-state index in [4.69, 9.17) is 12.2 Å². The highest BCUT2D eigenvalue weighted by molar-refractivity contribution is 8.22. The van der Waals surface area contributed by atoms with Crippen LogP contribution in [0.1, 0.15) is 37.5 Å². The van der Waals surface area contributed by atoms with Crippen molar-refractivity contribution in [2.24, 2.45) is 0 Å². The summed E-state index contributed by atoms with van der Waals surface area (Å²) in [5.41, 5.74) is 3.21. The summed E-state index contributed by atoms with van der Waals surface area (Å²) >= 11 is 6.85. The van der Waals surface area contributed by atoms with Gasteiger partial charge in [-0.1, -0.05) is 75.1 Å². The first-order valence-electron chi connectivity index (χ1n) is 8.70. The fraction of sp³-hybridized carbons (Fsp3) is 0.350. The Kier molecular flexibility index (Phi) is 7.47. The number of sulfonamides is 1. The topological polar surface area (TPSA) is 58.2 Å². The molecule has 0 radical (unpaired) electrons. The molecule has 2 aromatic carbocycles. The van der Waals surface area contributed by atoms with Gasteiger partial charge in [0.2, 0.25) is 10.0 Å². The monoisotopic (exact) mass is 440 g/mol. The Hall–Kier alpha value is -1.64. The maximum Gasteiger partial charge on any atom is 0.229 e. The van der Waals surface area contributed by atoms with Crippen molar-refractivity contribution in [1.82, 2.24) is 5.32 Å². The van der Waals surface area contributed by atoms with Crippen LogP contribution in [0.2, 0.25) is 0 Å². The summed E-state index contributed by atoms with van der Waals surface area (Å²) in [7, 11) is -3.51. The molecule has 152 valence electrons. The summed E-state index contributed by atoms with van der Waals surface area (Å²) in [5.74, 6) is 0.129. The molecule has 0 aliphatic carbocycles. The van der Waals surface area contributed by atoms with Crippen LogP contribution in [0.15, 0.2) is 42.5 Å². The van der Waals surface area contributed by atoms with Gasteiger partial charge in [0, 0.05) is 12.3 Å². The lowest BCUT2D eigenvalue weighted by molar-refractivity contribution is 0.590. The third-order valence-electron chi connectivity index (χ3n) is 3.96. The van der Waals surface area contributed by atoms with E-state index < -0.39 is 15.8 Å². The van der Waals surface area contributed by atoms with E-state index >= 15 is 0 Å². The highest BCUT2D eigenvalue weighted by Gasteiger charge is 2.13. The molecule has 0 aliphatic heterocycles. The first kappa shape index (κ1) is 22.6. The number of rotatable bonds is 6. The van der Waals surface area contributed by atoms with Crippen LogP contribution in [0.4, 0.5) is 10.1 Å². The van der Waals surface area contributed by atoms with Gasteiger partial charge in [0.05, 0.1) is 11.9 Å². The molecule has 0 spiro atoms. The van der Waals surface area contributed by atoms with Crippen LogP contribution in [0.5, 0.6) is 0 Å². The SMILES string of the molecule is CC(C)(C)c1ccc(CSC(=S)NCc2ccc(NS(C)(=O)=O)c(F)c2)cc1. The molecular weight excluding hydrogens is 415 g/mol. The van der Waals surface area contributed by atoms with Crippen LogP contribution < -0.4 is 10.0 Å². The summed E-state index contributed by atoms with van der Waals surface area (Å²) in [6.07, 6.45) is 0.980. The number of anilines is 1. The number of thiocarbonyl (C=S) groups is 1. The number of hydrogen-bond donors (Lipinski definition) is 2.